The molecule has 0 aliphatic carbocycles. The van der Waals surface area contributed by atoms with Crippen LogP contribution in [0.4, 0.5) is 5.69 Å². The van der Waals surface area contributed by atoms with Crippen molar-refractivity contribution in [1.82, 2.24) is 4.98 Å². The van der Waals surface area contributed by atoms with E-state index in [0.717, 1.165) is 27.0 Å². The summed E-state index contributed by atoms with van der Waals surface area (Å²) in [4.78, 5) is 17.3. The van der Waals surface area contributed by atoms with Gasteiger partial charge >= 0.3 is 0 Å². The van der Waals surface area contributed by atoms with Crippen molar-refractivity contribution < 1.29 is 13.2 Å². The number of para-hydroxylation sites is 1. The van der Waals surface area contributed by atoms with Gasteiger partial charge in [0.1, 0.15) is 5.01 Å². The van der Waals surface area contributed by atoms with Crippen molar-refractivity contribution >= 4 is 54.6 Å². The predicted molar refractivity (Wildman–Crippen MR) is 123 cm³/mol. The molecular formula is C22H17ClN2O3S2. The lowest BCUT2D eigenvalue weighted by molar-refractivity contribution is 0.102. The minimum absolute atomic E-state index is 0.114. The Hall–Kier alpha value is -2.74. The smallest absolute Gasteiger partial charge is 0.255 e. The van der Waals surface area contributed by atoms with E-state index in [2.05, 4.69) is 10.3 Å². The molecule has 3 aromatic carbocycles. The molecule has 0 spiro atoms. The van der Waals surface area contributed by atoms with Gasteiger partial charge in [0.2, 0.25) is 0 Å². The van der Waals surface area contributed by atoms with Crippen molar-refractivity contribution in [3.05, 3.63) is 82.9 Å². The molecule has 1 heterocycles. The number of fused-ring (bicyclic) bond motifs is 1. The van der Waals surface area contributed by atoms with Gasteiger partial charge in [-0.3, -0.25) is 4.79 Å². The van der Waals surface area contributed by atoms with Crippen LogP contribution in [0, 0.1) is 0 Å². The Morgan fingerprint density at radius 2 is 1.87 bits per heavy atom. The van der Waals surface area contributed by atoms with E-state index in [-0.39, 0.29) is 11.7 Å². The van der Waals surface area contributed by atoms with Gasteiger partial charge in [-0.15, -0.1) is 11.3 Å². The lowest BCUT2D eigenvalue weighted by atomic mass is 10.1. The topological polar surface area (TPSA) is 76.1 Å². The first-order valence-corrected chi connectivity index (χ1v) is 12.3. The van der Waals surface area contributed by atoms with Crippen LogP contribution in [0.3, 0.4) is 0 Å². The fourth-order valence-electron chi connectivity index (χ4n) is 3.06. The quantitative estimate of drug-likeness (QED) is 0.435. The number of benzene rings is 3. The third-order valence-corrected chi connectivity index (χ3v) is 6.62. The van der Waals surface area contributed by atoms with Crippen molar-refractivity contribution in [1.29, 1.82) is 0 Å². The molecule has 0 radical (unpaired) electrons. The Morgan fingerprint density at radius 1 is 1.07 bits per heavy atom. The summed E-state index contributed by atoms with van der Waals surface area (Å²) in [6.07, 6.45) is 1.16. The second kappa shape index (κ2) is 8.18. The number of anilines is 1. The highest BCUT2D eigenvalue weighted by Crippen LogP contribution is 2.36. The number of amides is 1. The van der Waals surface area contributed by atoms with E-state index in [9.17, 15) is 13.2 Å². The fraction of sp³-hybridized carbons (Fsp3) is 0.0909. The molecule has 1 amide bonds. The number of carbonyl (C=O) groups is 1. The third kappa shape index (κ3) is 4.70. The summed E-state index contributed by atoms with van der Waals surface area (Å²) >= 11 is 7.92. The lowest BCUT2D eigenvalue weighted by Crippen LogP contribution is -2.12. The van der Waals surface area contributed by atoms with E-state index in [1.807, 2.05) is 24.3 Å². The first-order valence-electron chi connectivity index (χ1n) is 9.02. The molecule has 152 valence electrons. The van der Waals surface area contributed by atoms with Crippen LogP contribution < -0.4 is 5.32 Å². The molecule has 8 heteroatoms. The minimum atomic E-state index is -3.18. The predicted octanol–water partition coefficient (Wildman–Crippen LogP) is 5.41. The van der Waals surface area contributed by atoms with Gasteiger partial charge in [0.25, 0.3) is 5.91 Å². The van der Waals surface area contributed by atoms with Gasteiger partial charge in [-0.1, -0.05) is 35.9 Å². The number of hydrogen-bond acceptors (Lipinski definition) is 5. The van der Waals surface area contributed by atoms with Gasteiger partial charge < -0.3 is 5.32 Å². The van der Waals surface area contributed by atoms with Crippen LogP contribution in [0.2, 0.25) is 5.02 Å². The largest absolute Gasteiger partial charge is 0.322 e. The maximum Gasteiger partial charge on any atom is 0.255 e. The Balaban J connectivity index is 1.60. The van der Waals surface area contributed by atoms with Crippen molar-refractivity contribution in [3.63, 3.8) is 0 Å². The Labute approximate surface area is 183 Å². The van der Waals surface area contributed by atoms with Crippen LogP contribution in [0.25, 0.3) is 20.8 Å². The molecule has 0 bridgehead atoms. The summed E-state index contributed by atoms with van der Waals surface area (Å²) in [6, 6.07) is 19.6. The maximum atomic E-state index is 12.7. The molecule has 0 saturated heterocycles. The first kappa shape index (κ1) is 20.5. The molecule has 0 aliphatic heterocycles. The number of sulfone groups is 1. The standard InChI is InChI=1S/C22H17ClN2O3S2/c1-30(27,28)13-14-5-4-6-15(11-14)21(26)24-16-9-10-18(23)17(12-16)22-25-19-7-2-3-8-20(19)29-22/h2-12H,13H2,1H3,(H,24,26). The van der Waals surface area contributed by atoms with Crippen LogP contribution in [0.5, 0.6) is 0 Å². The van der Waals surface area contributed by atoms with Crippen molar-refractivity contribution in [2.45, 2.75) is 5.75 Å². The normalized spacial score (nSPS) is 11.5. The molecule has 30 heavy (non-hydrogen) atoms. The highest BCUT2D eigenvalue weighted by atomic mass is 35.5. The zero-order chi connectivity index (χ0) is 21.3. The summed E-state index contributed by atoms with van der Waals surface area (Å²) in [5, 5.41) is 4.16. The number of rotatable bonds is 5. The third-order valence-electron chi connectivity index (χ3n) is 4.37. The summed E-state index contributed by atoms with van der Waals surface area (Å²) in [5.74, 6) is -0.445. The van der Waals surface area contributed by atoms with Gasteiger partial charge in [-0.25, -0.2) is 13.4 Å². The summed E-state index contributed by atoms with van der Waals surface area (Å²) in [6.45, 7) is 0. The summed E-state index contributed by atoms with van der Waals surface area (Å²) in [5.41, 5.74) is 3.16. The molecular weight excluding hydrogens is 440 g/mol. The molecule has 0 aliphatic rings. The molecule has 0 atom stereocenters. The van der Waals surface area contributed by atoms with E-state index < -0.39 is 9.84 Å². The van der Waals surface area contributed by atoms with E-state index in [1.165, 1.54) is 11.3 Å². The number of nitrogens with zero attached hydrogens (tertiary/aromatic N) is 1. The molecule has 1 N–H and O–H groups in total. The number of hydrogen-bond donors (Lipinski definition) is 1. The van der Waals surface area contributed by atoms with Crippen LogP contribution in [-0.2, 0) is 15.6 Å². The van der Waals surface area contributed by atoms with Gasteiger partial charge in [0.15, 0.2) is 9.84 Å². The fourth-order valence-corrected chi connectivity index (χ4v) is 5.11. The zero-order valence-electron chi connectivity index (χ0n) is 15.9. The average molecular weight is 457 g/mol. The number of aromatic nitrogens is 1. The summed E-state index contributed by atoms with van der Waals surface area (Å²) < 4.78 is 24.1. The summed E-state index contributed by atoms with van der Waals surface area (Å²) in [7, 11) is -3.18. The van der Waals surface area contributed by atoms with E-state index in [0.29, 0.717) is 21.8 Å². The molecule has 1 aromatic heterocycles. The molecule has 0 fully saturated rings. The van der Waals surface area contributed by atoms with Crippen LogP contribution in [-0.4, -0.2) is 25.6 Å². The number of nitrogens with one attached hydrogen (secondary N) is 1. The van der Waals surface area contributed by atoms with E-state index in [1.54, 1.807) is 42.5 Å². The Kier molecular flexibility index (Phi) is 5.60. The lowest BCUT2D eigenvalue weighted by Gasteiger charge is -2.09. The van der Waals surface area contributed by atoms with Crippen molar-refractivity contribution in [3.8, 4) is 10.6 Å². The van der Waals surface area contributed by atoms with E-state index >= 15 is 0 Å². The second-order valence-corrected chi connectivity index (χ2v) is 10.5. The first-order chi connectivity index (χ1) is 14.3. The van der Waals surface area contributed by atoms with Crippen molar-refractivity contribution in [2.75, 3.05) is 11.6 Å². The number of carbonyl (C=O) groups excluding carboxylic acids is 1. The molecule has 0 saturated carbocycles. The molecule has 4 aromatic rings. The average Bonchev–Trinajstić information content (AvgIpc) is 3.12. The minimum Gasteiger partial charge on any atom is -0.322 e. The second-order valence-electron chi connectivity index (χ2n) is 6.91. The van der Waals surface area contributed by atoms with Gasteiger partial charge in [0, 0.05) is 23.1 Å². The van der Waals surface area contributed by atoms with Crippen molar-refractivity contribution in [2.24, 2.45) is 0 Å². The van der Waals surface area contributed by atoms with Crippen LogP contribution >= 0.6 is 22.9 Å². The van der Waals surface area contributed by atoms with Crippen LogP contribution in [0.1, 0.15) is 15.9 Å². The molecule has 0 unspecified atom stereocenters. The van der Waals surface area contributed by atoms with Crippen LogP contribution in [0.15, 0.2) is 66.7 Å². The van der Waals surface area contributed by atoms with Gasteiger partial charge in [0.05, 0.1) is 21.0 Å². The number of thiazole rings is 1. The maximum absolute atomic E-state index is 12.7. The monoisotopic (exact) mass is 456 g/mol. The number of halogens is 1. The van der Waals surface area contributed by atoms with E-state index in [4.69, 9.17) is 11.6 Å². The Morgan fingerprint density at radius 3 is 2.63 bits per heavy atom. The molecule has 4 rings (SSSR count). The zero-order valence-corrected chi connectivity index (χ0v) is 18.3. The highest BCUT2D eigenvalue weighted by molar-refractivity contribution is 7.89. The Bertz CT molecular complexity index is 1330. The SMILES string of the molecule is CS(=O)(=O)Cc1cccc(C(=O)Nc2ccc(Cl)c(-c3nc4ccccc4s3)c2)c1. The highest BCUT2D eigenvalue weighted by Gasteiger charge is 2.13. The van der Waals surface area contributed by atoms with Gasteiger partial charge in [-0.05, 0) is 48.0 Å². The van der Waals surface area contributed by atoms with Gasteiger partial charge in [-0.2, -0.15) is 0 Å². The molecule has 5 nitrogen and oxygen atoms in total.